The Bertz CT molecular complexity index is 563. The molecule has 0 fully saturated rings. The van der Waals surface area contributed by atoms with Crippen molar-refractivity contribution in [2.45, 2.75) is 32.9 Å². The summed E-state index contributed by atoms with van der Waals surface area (Å²) in [6.07, 6.45) is 0. The van der Waals surface area contributed by atoms with Crippen molar-refractivity contribution in [3.8, 4) is 0 Å². The number of likely N-dealkylation sites (N-methyl/N-ethyl adjacent to an activating group) is 1. The molecular weight excluding hydrogens is 280 g/mol. The van der Waals surface area contributed by atoms with Gasteiger partial charge in [0.15, 0.2) is 0 Å². The lowest BCUT2D eigenvalue weighted by atomic mass is 10.0. The van der Waals surface area contributed by atoms with Crippen LogP contribution < -0.4 is 10.6 Å². The van der Waals surface area contributed by atoms with Crippen LogP contribution in [0.15, 0.2) is 41.8 Å². The number of nitrogens with one attached hydrogen (secondary N) is 2. The average molecular weight is 302 g/mol. The van der Waals surface area contributed by atoms with Crippen molar-refractivity contribution < 1.29 is 4.79 Å². The molecule has 112 valence electrons. The van der Waals surface area contributed by atoms with Gasteiger partial charge in [0, 0.05) is 11.4 Å². The van der Waals surface area contributed by atoms with E-state index in [2.05, 4.69) is 53.3 Å². The first-order chi connectivity index (χ1) is 10.1. The minimum atomic E-state index is -0.238. The van der Waals surface area contributed by atoms with Gasteiger partial charge in [0.2, 0.25) is 5.91 Å². The zero-order chi connectivity index (χ0) is 15.2. The van der Waals surface area contributed by atoms with E-state index in [4.69, 9.17) is 0 Å². The molecule has 0 aliphatic rings. The van der Waals surface area contributed by atoms with Crippen molar-refractivity contribution in [2.24, 2.45) is 0 Å². The number of carbonyl (C=O) groups is 1. The highest BCUT2D eigenvalue weighted by atomic mass is 32.1. The van der Waals surface area contributed by atoms with Crippen LogP contribution in [-0.4, -0.2) is 18.5 Å². The summed E-state index contributed by atoms with van der Waals surface area (Å²) < 4.78 is 0. The average Bonchev–Trinajstić information content (AvgIpc) is 3.00. The van der Waals surface area contributed by atoms with Crippen LogP contribution in [-0.2, 0) is 4.79 Å². The van der Waals surface area contributed by atoms with Crippen LogP contribution in [0.4, 0.5) is 0 Å². The fourth-order valence-corrected chi connectivity index (χ4v) is 3.02. The fourth-order valence-electron chi connectivity index (χ4n) is 2.21. The van der Waals surface area contributed by atoms with Crippen LogP contribution in [0.3, 0.4) is 0 Å². The zero-order valence-electron chi connectivity index (χ0n) is 12.7. The van der Waals surface area contributed by atoms with Crippen molar-refractivity contribution in [1.82, 2.24) is 10.6 Å². The number of hydrogen-bond donors (Lipinski definition) is 2. The summed E-state index contributed by atoms with van der Waals surface area (Å²) in [5.41, 5.74) is 2.42. The van der Waals surface area contributed by atoms with Crippen molar-refractivity contribution >= 4 is 17.2 Å². The molecule has 0 saturated carbocycles. The molecule has 1 aromatic carbocycles. The minimum absolute atomic E-state index is 0.0335. The van der Waals surface area contributed by atoms with Gasteiger partial charge in [-0.3, -0.25) is 10.1 Å². The van der Waals surface area contributed by atoms with Gasteiger partial charge in [0.25, 0.3) is 0 Å². The molecule has 2 rings (SSSR count). The first-order valence-corrected chi connectivity index (χ1v) is 8.13. The second-order valence-electron chi connectivity index (χ2n) is 5.14. The first-order valence-electron chi connectivity index (χ1n) is 7.25. The van der Waals surface area contributed by atoms with Crippen molar-refractivity contribution in [1.29, 1.82) is 0 Å². The maximum absolute atomic E-state index is 12.0. The van der Waals surface area contributed by atoms with E-state index < -0.39 is 0 Å². The van der Waals surface area contributed by atoms with Crippen LogP contribution in [0.1, 0.15) is 35.9 Å². The van der Waals surface area contributed by atoms with E-state index in [1.165, 1.54) is 16.0 Å². The second kappa shape index (κ2) is 7.38. The van der Waals surface area contributed by atoms with Gasteiger partial charge in [0.1, 0.15) is 0 Å². The highest BCUT2D eigenvalue weighted by molar-refractivity contribution is 7.10. The van der Waals surface area contributed by atoms with Gasteiger partial charge in [-0.2, -0.15) is 0 Å². The van der Waals surface area contributed by atoms with Gasteiger partial charge < -0.3 is 5.32 Å². The number of benzene rings is 1. The third-order valence-corrected chi connectivity index (χ3v) is 4.34. The van der Waals surface area contributed by atoms with E-state index >= 15 is 0 Å². The largest absolute Gasteiger partial charge is 0.355 e. The third kappa shape index (κ3) is 4.16. The fraction of sp³-hybridized carbons (Fsp3) is 0.353. The predicted molar refractivity (Wildman–Crippen MR) is 88.6 cm³/mol. The molecule has 0 saturated heterocycles. The number of rotatable bonds is 6. The maximum atomic E-state index is 12.0. The molecule has 0 aliphatic heterocycles. The molecule has 0 bridgehead atoms. The van der Waals surface area contributed by atoms with E-state index in [9.17, 15) is 4.79 Å². The monoisotopic (exact) mass is 302 g/mol. The lowest BCUT2D eigenvalue weighted by Crippen LogP contribution is -2.43. The standard InChI is InChI=1S/C17H22N2OS/c1-4-18-17(20)13(3)19-16(15-6-5-11-21-15)14-9-7-12(2)8-10-14/h5-11,13,16,19H,4H2,1-3H3,(H,18,20)/t13-,16+/m0/s1. The van der Waals surface area contributed by atoms with Crippen molar-refractivity contribution in [3.63, 3.8) is 0 Å². The highest BCUT2D eigenvalue weighted by Crippen LogP contribution is 2.26. The molecule has 3 nitrogen and oxygen atoms in total. The van der Waals surface area contributed by atoms with Crippen LogP contribution in [0.25, 0.3) is 0 Å². The molecule has 0 radical (unpaired) electrons. The molecule has 1 aromatic heterocycles. The summed E-state index contributed by atoms with van der Waals surface area (Å²) in [6.45, 7) is 6.56. The van der Waals surface area contributed by atoms with Gasteiger partial charge in [0.05, 0.1) is 12.1 Å². The lowest BCUT2D eigenvalue weighted by molar-refractivity contribution is -0.122. The van der Waals surface area contributed by atoms with E-state index in [-0.39, 0.29) is 18.0 Å². The molecule has 4 heteroatoms. The molecular formula is C17H22N2OS. The van der Waals surface area contributed by atoms with Gasteiger partial charge in [-0.05, 0) is 37.8 Å². The molecule has 0 aliphatic carbocycles. The molecule has 2 atom stereocenters. The van der Waals surface area contributed by atoms with Crippen LogP contribution in [0, 0.1) is 6.92 Å². The summed E-state index contributed by atoms with van der Waals surface area (Å²) in [5, 5.41) is 8.36. The molecule has 21 heavy (non-hydrogen) atoms. The Balaban J connectivity index is 2.21. The van der Waals surface area contributed by atoms with E-state index in [1.807, 2.05) is 19.9 Å². The van der Waals surface area contributed by atoms with Gasteiger partial charge in [-0.15, -0.1) is 11.3 Å². The predicted octanol–water partition coefficient (Wildman–Crippen LogP) is 3.26. The number of hydrogen-bond acceptors (Lipinski definition) is 3. The maximum Gasteiger partial charge on any atom is 0.236 e. The summed E-state index contributed by atoms with van der Waals surface area (Å²) in [4.78, 5) is 13.2. The Hall–Kier alpha value is -1.65. The number of thiophene rings is 1. The van der Waals surface area contributed by atoms with Gasteiger partial charge in [-0.25, -0.2) is 0 Å². The topological polar surface area (TPSA) is 41.1 Å². The highest BCUT2D eigenvalue weighted by Gasteiger charge is 2.20. The molecule has 2 N–H and O–H groups in total. The van der Waals surface area contributed by atoms with Crippen LogP contribution in [0.5, 0.6) is 0 Å². The summed E-state index contributed by atoms with van der Waals surface area (Å²) in [7, 11) is 0. The SMILES string of the molecule is CCNC(=O)[C@H](C)N[C@H](c1ccc(C)cc1)c1cccs1. The lowest BCUT2D eigenvalue weighted by Gasteiger charge is -2.22. The molecule has 2 aromatic rings. The van der Waals surface area contributed by atoms with Crippen molar-refractivity contribution in [2.75, 3.05) is 6.54 Å². The van der Waals surface area contributed by atoms with E-state index in [0.717, 1.165) is 0 Å². The minimum Gasteiger partial charge on any atom is -0.355 e. The Morgan fingerprint density at radius 2 is 1.95 bits per heavy atom. The van der Waals surface area contributed by atoms with Crippen LogP contribution >= 0.6 is 11.3 Å². The van der Waals surface area contributed by atoms with Gasteiger partial charge in [-0.1, -0.05) is 35.9 Å². The molecule has 0 unspecified atom stereocenters. The Morgan fingerprint density at radius 3 is 2.52 bits per heavy atom. The summed E-state index contributed by atoms with van der Waals surface area (Å²) in [6, 6.07) is 12.4. The number of amides is 1. The smallest absolute Gasteiger partial charge is 0.236 e. The number of carbonyl (C=O) groups excluding carboxylic acids is 1. The van der Waals surface area contributed by atoms with Crippen LogP contribution in [0.2, 0.25) is 0 Å². The Kier molecular flexibility index (Phi) is 5.53. The van der Waals surface area contributed by atoms with Gasteiger partial charge >= 0.3 is 0 Å². The number of aryl methyl sites for hydroxylation is 1. The van der Waals surface area contributed by atoms with E-state index in [1.54, 1.807) is 11.3 Å². The quantitative estimate of drug-likeness (QED) is 0.860. The first kappa shape index (κ1) is 15.7. The molecule has 1 heterocycles. The third-order valence-electron chi connectivity index (χ3n) is 3.40. The normalized spacial score (nSPS) is 13.7. The summed E-state index contributed by atoms with van der Waals surface area (Å²) >= 11 is 1.70. The Labute approximate surface area is 130 Å². The zero-order valence-corrected chi connectivity index (χ0v) is 13.5. The molecule has 1 amide bonds. The summed E-state index contributed by atoms with van der Waals surface area (Å²) in [5.74, 6) is 0.0335. The Morgan fingerprint density at radius 1 is 1.24 bits per heavy atom. The van der Waals surface area contributed by atoms with E-state index in [0.29, 0.717) is 6.54 Å². The second-order valence-corrected chi connectivity index (χ2v) is 6.12. The molecule has 0 spiro atoms. The van der Waals surface area contributed by atoms with Crippen molar-refractivity contribution in [3.05, 3.63) is 57.8 Å².